The van der Waals surface area contributed by atoms with Crippen LogP contribution in [0.3, 0.4) is 0 Å². The van der Waals surface area contributed by atoms with Crippen molar-refractivity contribution in [1.82, 2.24) is 20.5 Å². The lowest BCUT2D eigenvalue weighted by atomic mass is 10.1. The highest BCUT2D eigenvalue weighted by atomic mass is 127. The number of aromatic nitrogens is 1. The molecule has 0 atom stereocenters. The number of aliphatic imine (C=N–C) groups is 1. The monoisotopic (exact) mass is 501 g/mol. The fourth-order valence-corrected chi connectivity index (χ4v) is 3.40. The Morgan fingerprint density at radius 1 is 1.11 bits per heavy atom. The number of nitrogens with zero attached hydrogens (tertiary/aromatic N) is 3. The summed E-state index contributed by atoms with van der Waals surface area (Å²) < 4.78 is 0. The molecule has 7 heteroatoms. The molecule has 0 saturated heterocycles. The van der Waals surface area contributed by atoms with Crippen LogP contribution in [0, 0.1) is 0 Å². The van der Waals surface area contributed by atoms with Crippen molar-refractivity contribution in [1.29, 1.82) is 0 Å². The van der Waals surface area contributed by atoms with Crippen molar-refractivity contribution in [3.63, 3.8) is 0 Å². The molecule has 0 saturated carbocycles. The van der Waals surface area contributed by atoms with Gasteiger partial charge in [-0.15, -0.1) is 35.3 Å². The summed E-state index contributed by atoms with van der Waals surface area (Å²) in [5, 5.41) is 7.89. The molecule has 0 fully saturated rings. The first kappa shape index (κ1) is 23.8. The summed E-state index contributed by atoms with van der Waals surface area (Å²) in [6.45, 7) is 7.58. The van der Waals surface area contributed by atoms with Gasteiger partial charge < -0.3 is 15.5 Å². The van der Waals surface area contributed by atoms with Gasteiger partial charge in [-0.05, 0) is 38.6 Å². The smallest absolute Gasteiger partial charge is 0.191 e. The lowest BCUT2D eigenvalue weighted by molar-refractivity contribution is 0.402. The maximum atomic E-state index is 4.69. The van der Waals surface area contributed by atoms with Gasteiger partial charge in [0.15, 0.2) is 5.96 Å². The molecule has 0 amide bonds. The average molecular weight is 501 g/mol. The molecule has 0 spiro atoms. The Hall–Kier alpha value is -1.19. The molecule has 1 aromatic carbocycles. The van der Waals surface area contributed by atoms with E-state index in [9.17, 15) is 0 Å². The summed E-state index contributed by atoms with van der Waals surface area (Å²) in [7, 11) is 4.17. The van der Waals surface area contributed by atoms with Gasteiger partial charge in [0.2, 0.25) is 0 Å². The van der Waals surface area contributed by atoms with Crippen molar-refractivity contribution < 1.29 is 0 Å². The average Bonchev–Trinajstić information content (AvgIpc) is 3.08. The second-order valence-electron chi connectivity index (χ2n) is 6.50. The van der Waals surface area contributed by atoms with Gasteiger partial charge in [-0.1, -0.05) is 31.2 Å². The van der Waals surface area contributed by atoms with Crippen molar-refractivity contribution in [2.24, 2.45) is 4.99 Å². The number of rotatable bonds is 9. The third-order valence-corrected chi connectivity index (χ3v) is 5.07. The van der Waals surface area contributed by atoms with Crippen LogP contribution < -0.4 is 10.6 Å². The molecule has 5 nitrogen and oxygen atoms in total. The van der Waals surface area contributed by atoms with Crippen LogP contribution in [0.2, 0.25) is 0 Å². The minimum atomic E-state index is 0. The van der Waals surface area contributed by atoms with E-state index in [1.54, 1.807) is 11.3 Å². The lowest BCUT2D eigenvalue weighted by Crippen LogP contribution is -2.38. The predicted octanol–water partition coefficient (Wildman–Crippen LogP) is 3.68. The SMILES string of the molecule is CCNC(=NCc1ccc(CN(C)C)cc1)NCCc1ncc(CC)s1.I. The Balaban J connectivity index is 0.00000364. The van der Waals surface area contributed by atoms with E-state index in [0.717, 1.165) is 38.4 Å². The molecule has 0 unspecified atom stereocenters. The molecule has 2 rings (SSSR count). The number of guanidine groups is 1. The molecule has 2 N–H and O–H groups in total. The molecule has 0 aliphatic heterocycles. The zero-order valence-corrected chi connectivity index (χ0v) is 19.9. The molecule has 0 aliphatic rings. The van der Waals surface area contributed by atoms with E-state index in [1.807, 2.05) is 6.20 Å². The maximum Gasteiger partial charge on any atom is 0.191 e. The first-order chi connectivity index (χ1) is 12.6. The Morgan fingerprint density at radius 3 is 2.41 bits per heavy atom. The lowest BCUT2D eigenvalue weighted by Gasteiger charge is -2.11. The molecular formula is C20H32IN5S. The molecule has 1 heterocycles. The number of nitrogens with one attached hydrogen (secondary N) is 2. The molecule has 2 aromatic rings. The summed E-state index contributed by atoms with van der Waals surface area (Å²) in [6, 6.07) is 8.68. The number of thiazole rings is 1. The van der Waals surface area contributed by atoms with E-state index < -0.39 is 0 Å². The van der Waals surface area contributed by atoms with Crippen LogP contribution in [-0.4, -0.2) is 43.0 Å². The van der Waals surface area contributed by atoms with Crippen LogP contribution in [0.4, 0.5) is 0 Å². The molecular weight excluding hydrogens is 469 g/mol. The second-order valence-corrected chi connectivity index (χ2v) is 7.70. The van der Waals surface area contributed by atoms with Crippen molar-refractivity contribution >= 4 is 41.3 Å². The zero-order chi connectivity index (χ0) is 18.8. The predicted molar refractivity (Wildman–Crippen MR) is 127 cm³/mol. The Bertz CT molecular complexity index is 682. The second kappa shape index (κ2) is 13.1. The molecule has 0 bridgehead atoms. The molecule has 0 aliphatic carbocycles. The van der Waals surface area contributed by atoms with Gasteiger partial charge in [0, 0.05) is 37.1 Å². The van der Waals surface area contributed by atoms with Crippen LogP contribution in [0.25, 0.3) is 0 Å². The molecule has 150 valence electrons. The van der Waals surface area contributed by atoms with Gasteiger partial charge >= 0.3 is 0 Å². The van der Waals surface area contributed by atoms with Gasteiger partial charge in [-0.2, -0.15) is 0 Å². The maximum absolute atomic E-state index is 4.69. The van der Waals surface area contributed by atoms with Crippen LogP contribution in [0.15, 0.2) is 35.5 Å². The summed E-state index contributed by atoms with van der Waals surface area (Å²) >= 11 is 1.80. The minimum Gasteiger partial charge on any atom is -0.357 e. The highest BCUT2D eigenvalue weighted by Gasteiger charge is 2.02. The van der Waals surface area contributed by atoms with Gasteiger partial charge in [-0.3, -0.25) is 0 Å². The minimum absolute atomic E-state index is 0. The van der Waals surface area contributed by atoms with Crippen molar-refractivity contribution in [3.05, 3.63) is 51.5 Å². The summed E-state index contributed by atoms with van der Waals surface area (Å²) in [6.07, 6.45) is 3.97. The first-order valence-corrected chi connectivity index (χ1v) is 10.1. The van der Waals surface area contributed by atoms with Crippen LogP contribution in [0.5, 0.6) is 0 Å². The van der Waals surface area contributed by atoms with Gasteiger partial charge in [0.25, 0.3) is 0 Å². The standard InChI is InChI=1S/C20H31N5S.HI/c1-5-18-14-23-19(26-18)11-12-22-20(21-6-2)24-13-16-7-9-17(10-8-16)15-25(3)4;/h7-10,14H,5-6,11-13,15H2,1-4H3,(H2,21,22,24);1H. The Morgan fingerprint density at radius 2 is 1.81 bits per heavy atom. The number of hydrogen-bond donors (Lipinski definition) is 2. The van der Waals surface area contributed by atoms with Crippen molar-refractivity contribution in [2.75, 3.05) is 27.2 Å². The summed E-state index contributed by atoms with van der Waals surface area (Å²) in [5.74, 6) is 0.858. The summed E-state index contributed by atoms with van der Waals surface area (Å²) in [4.78, 5) is 12.7. The largest absolute Gasteiger partial charge is 0.357 e. The van der Waals surface area contributed by atoms with Crippen LogP contribution >= 0.6 is 35.3 Å². The highest BCUT2D eigenvalue weighted by Crippen LogP contribution is 2.13. The van der Waals surface area contributed by atoms with Gasteiger partial charge in [0.1, 0.15) is 0 Å². The van der Waals surface area contributed by atoms with E-state index in [4.69, 9.17) is 4.99 Å². The number of hydrogen-bond acceptors (Lipinski definition) is 4. The fraction of sp³-hybridized carbons (Fsp3) is 0.500. The fourth-order valence-electron chi connectivity index (χ4n) is 2.54. The number of benzene rings is 1. The molecule has 1 aromatic heterocycles. The number of aryl methyl sites for hydroxylation is 1. The topological polar surface area (TPSA) is 52.6 Å². The van der Waals surface area contributed by atoms with Crippen LogP contribution in [-0.2, 0) is 25.9 Å². The zero-order valence-electron chi connectivity index (χ0n) is 16.8. The van der Waals surface area contributed by atoms with Gasteiger partial charge in [0.05, 0.1) is 11.6 Å². The summed E-state index contributed by atoms with van der Waals surface area (Å²) in [5.41, 5.74) is 2.54. The van der Waals surface area contributed by atoms with Crippen molar-refractivity contribution in [3.8, 4) is 0 Å². The van der Waals surface area contributed by atoms with E-state index in [1.165, 1.54) is 21.0 Å². The molecule has 0 radical (unpaired) electrons. The quantitative estimate of drug-likeness (QED) is 0.313. The normalized spacial score (nSPS) is 11.4. The highest BCUT2D eigenvalue weighted by molar-refractivity contribution is 14.0. The van der Waals surface area contributed by atoms with Gasteiger partial charge in [-0.25, -0.2) is 9.98 Å². The Kier molecular flexibility index (Phi) is 11.5. The van der Waals surface area contributed by atoms with E-state index in [2.05, 4.69) is 72.7 Å². The third kappa shape index (κ3) is 9.03. The van der Waals surface area contributed by atoms with E-state index in [0.29, 0.717) is 6.54 Å². The Labute approximate surface area is 184 Å². The molecule has 27 heavy (non-hydrogen) atoms. The van der Waals surface area contributed by atoms with Crippen LogP contribution in [0.1, 0.15) is 34.9 Å². The van der Waals surface area contributed by atoms with Crippen molar-refractivity contribution in [2.45, 2.75) is 39.8 Å². The third-order valence-electron chi connectivity index (χ3n) is 3.87. The number of halogens is 1. The van der Waals surface area contributed by atoms with E-state index in [-0.39, 0.29) is 24.0 Å². The van der Waals surface area contributed by atoms with E-state index >= 15 is 0 Å². The first-order valence-electron chi connectivity index (χ1n) is 9.29.